The number of ether oxygens (including phenoxy) is 1. The second-order valence-corrected chi connectivity index (χ2v) is 9.60. The third kappa shape index (κ3) is 5.68. The summed E-state index contributed by atoms with van der Waals surface area (Å²) in [6.07, 6.45) is -0.0562. The van der Waals surface area contributed by atoms with Gasteiger partial charge in [0, 0.05) is 25.0 Å². The maximum atomic E-state index is 13.2. The molecule has 1 atom stereocenters. The van der Waals surface area contributed by atoms with E-state index < -0.39 is 16.1 Å². The molecular formula is C24H25ClN2O4S. The minimum Gasteiger partial charge on any atom is -0.497 e. The zero-order valence-electron chi connectivity index (χ0n) is 17.9. The summed E-state index contributed by atoms with van der Waals surface area (Å²) in [4.78, 5) is 13.0. The van der Waals surface area contributed by atoms with Crippen LogP contribution in [0.5, 0.6) is 5.75 Å². The summed E-state index contributed by atoms with van der Waals surface area (Å²) in [5.41, 5.74) is 1.47. The summed E-state index contributed by atoms with van der Waals surface area (Å²) in [5, 5.41) is 3.40. The van der Waals surface area contributed by atoms with Crippen molar-refractivity contribution in [2.45, 2.75) is 23.9 Å². The number of nitrogens with zero attached hydrogens (tertiary/aromatic N) is 1. The van der Waals surface area contributed by atoms with Gasteiger partial charge in [-0.3, -0.25) is 4.79 Å². The predicted molar refractivity (Wildman–Crippen MR) is 125 cm³/mol. The Labute approximate surface area is 193 Å². The molecule has 0 radical (unpaired) electrons. The average molecular weight is 473 g/mol. The Bertz CT molecular complexity index is 1150. The van der Waals surface area contributed by atoms with Gasteiger partial charge in [0.05, 0.1) is 18.0 Å². The monoisotopic (exact) mass is 472 g/mol. The van der Waals surface area contributed by atoms with Gasteiger partial charge in [-0.25, -0.2) is 8.42 Å². The zero-order chi connectivity index (χ0) is 23.1. The van der Waals surface area contributed by atoms with Crippen LogP contribution in [0.2, 0.25) is 5.02 Å². The Balaban J connectivity index is 1.85. The fourth-order valence-electron chi connectivity index (χ4n) is 3.29. The summed E-state index contributed by atoms with van der Waals surface area (Å²) >= 11 is 6.17. The molecule has 32 heavy (non-hydrogen) atoms. The molecule has 0 bridgehead atoms. The van der Waals surface area contributed by atoms with Crippen molar-refractivity contribution in [3.8, 4) is 5.75 Å². The van der Waals surface area contributed by atoms with Crippen LogP contribution in [0.3, 0.4) is 0 Å². The largest absolute Gasteiger partial charge is 0.497 e. The Morgan fingerprint density at radius 1 is 1.00 bits per heavy atom. The molecule has 0 fully saturated rings. The zero-order valence-corrected chi connectivity index (χ0v) is 19.4. The summed E-state index contributed by atoms with van der Waals surface area (Å²) in [7, 11) is -0.780. The highest BCUT2D eigenvalue weighted by Crippen LogP contribution is 2.30. The van der Waals surface area contributed by atoms with Gasteiger partial charge in [0.2, 0.25) is 15.9 Å². The molecule has 1 amide bonds. The molecule has 3 aromatic carbocycles. The van der Waals surface area contributed by atoms with Crippen molar-refractivity contribution < 1.29 is 17.9 Å². The highest BCUT2D eigenvalue weighted by Gasteiger charge is 2.30. The Morgan fingerprint density at radius 3 is 2.25 bits per heavy atom. The first-order chi connectivity index (χ1) is 15.3. The van der Waals surface area contributed by atoms with Crippen molar-refractivity contribution in [3.05, 3.63) is 95.0 Å². The number of halogens is 1. The minimum atomic E-state index is -3.82. The molecule has 0 aliphatic carbocycles. The molecule has 8 heteroatoms. The van der Waals surface area contributed by atoms with Gasteiger partial charge >= 0.3 is 0 Å². The number of amides is 1. The van der Waals surface area contributed by atoms with Gasteiger partial charge in [-0.05, 0) is 41.5 Å². The highest BCUT2D eigenvalue weighted by atomic mass is 35.5. The molecule has 0 saturated carbocycles. The normalized spacial score (nSPS) is 12.4. The van der Waals surface area contributed by atoms with E-state index in [0.29, 0.717) is 16.3 Å². The number of rotatable bonds is 9. The van der Waals surface area contributed by atoms with E-state index in [-0.39, 0.29) is 23.8 Å². The van der Waals surface area contributed by atoms with E-state index >= 15 is 0 Å². The third-order valence-corrected chi connectivity index (χ3v) is 7.42. The van der Waals surface area contributed by atoms with Gasteiger partial charge in [-0.1, -0.05) is 60.1 Å². The molecule has 1 N–H and O–H groups in total. The first-order valence-corrected chi connectivity index (χ1v) is 11.8. The fourth-order valence-corrected chi connectivity index (χ4v) is 4.86. The van der Waals surface area contributed by atoms with Gasteiger partial charge in [-0.2, -0.15) is 4.31 Å². The molecule has 0 aliphatic rings. The van der Waals surface area contributed by atoms with E-state index in [9.17, 15) is 13.2 Å². The van der Waals surface area contributed by atoms with Crippen LogP contribution < -0.4 is 10.1 Å². The number of hydrogen-bond donors (Lipinski definition) is 1. The molecule has 168 valence electrons. The molecule has 3 aromatic rings. The van der Waals surface area contributed by atoms with E-state index in [1.807, 2.05) is 18.2 Å². The van der Waals surface area contributed by atoms with Crippen molar-refractivity contribution in [1.82, 2.24) is 9.62 Å². The highest BCUT2D eigenvalue weighted by molar-refractivity contribution is 7.89. The number of sulfonamides is 1. The molecular weight excluding hydrogens is 448 g/mol. The van der Waals surface area contributed by atoms with Crippen LogP contribution in [-0.4, -0.2) is 32.8 Å². The second kappa shape index (κ2) is 10.6. The Morgan fingerprint density at radius 2 is 1.62 bits per heavy atom. The van der Waals surface area contributed by atoms with Crippen LogP contribution in [0.1, 0.15) is 23.6 Å². The maximum absolute atomic E-state index is 13.2. The van der Waals surface area contributed by atoms with E-state index in [0.717, 1.165) is 5.56 Å². The van der Waals surface area contributed by atoms with Crippen LogP contribution >= 0.6 is 11.6 Å². The summed E-state index contributed by atoms with van der Waals surface area (Å²) in [5.74, 6) is 0.352. The lowest BCUT2D eigenvalue weighted by Crippen LogP contribution is -2.35. The summed E-state index contributed by atoms with van der Waals surface area (Å²) < 4.78 is 32.9. The lowest BCUT2D eigenvalue weighted by molar-refractivity contribution is -0.122. The fraction of sp³-hybridized carbons (Fsp3) is 0.208. The lowest BCUT2D eigenvalue weighted by Gasteiger charge is -2.28. The van der Waals surface area contributed by atoms with Gasteiger partial charge < -0.3 is 10.1 Å². The van der Waals surface area contributed by atoms with Gasteiger partial charge in [0.15, 0.2) is 0 Å². The first-order valence-electron chi connectivity index (χ1n) is 10.00. The number of methoxy groups -OCH3 is 1. The first kappa shape index (κ1) is 23.8. The topological polar surface area (TPSA) is 75.7 Å². The third-order valence-electron chi connectivity index (χ3n) is 5.17. The maximum Gasteiger partial charge on any atom is 0.243 e. The summed E-state index contributed by atoms with van der Waals surface area (Å²) in [6, 6.07) is 21.7. The Kier molecular flexibility index (Phi) is 7.90. The van der Waals surface area contributed by atoms with Crippen molar-refractivity contribution >= 4 is 27.5 Å². The lowest BCUT2D eigenvalue weighted by atomic mass is 10.0. The van der Waals surface area contributed by atoms with Crippen LogP contribution in [0.15, 0.2) is 83.8 Å². The number of nitrogens with one attached hydrogen (secondary N) is 1. The predicted octanol–water partition coefficient (Wildman–Crippen LogP) is 4.42. The number of benzene rings is 3. The molecule has 3 rings (SSSR count). The number of hydrogen-bond acceptors (Lipinski definition) is 4. The van der Waals surface area contributed by atoms with E-state index in [4.69, 9.17) is 16.3 Å². The second-order valence-electron chi connectivity index (χ2n) is 7.20. The molecule has 0 heterocycles. The van der Waals surface area contributed by atoms with E-state index in [1.165, 1.54) is 23.5 Å². The van der Waals surface area contributed by atoms with Crippen molar-refractivity contribution in [3.63, 3.8) is 0 Å². The quantitative estimate of drug-likeness (QED) is 0.500. The van der Waals surface area contributed by atoms with E-state index in [2.05, 4.69) is 5.32 Å². The van der Waals surface area contributed by atoms with Crippen LogP contribution in [-0.2, 0) is 21.4 Å². The SMILES string of the molecule is COc1ccc([C@@H](CC(=O)NCc2ccccc2Cl)N(C)S(=O)(=O)c2ccccc2)cc1. The molecule has 0 unspecified atom stereocenters. The standard InChI is InChI=1S/C24H25ClN2O4S/c1-27(32(29,30)21-9-4-3-5-10-21)23(18-12-14-20(31-2)15-13-18)16-24(28)26-17-19-8-6-7-11-22(19)25/h3-15,23H,16-17H2,1-2H3,(H,26,28)/t23-/m1/s1. The minimum absolute atomic E-state index is 0.0562. The van der Waals surface area contributed by atoms with Crippen molar-refractivity contribution in [2.24, 2.45) is 0 Å². The van der Waals surface area contributed by atoms with Crippen molar-refractivity contribution in [1.29, 1.82) is 0 Å². The summed E-state index contributed by atoms with van der Waals surface area (Å²) in [6.45, 7) is 0.253. The number of carbonyl (C=O) groups is 1. The van der Waals surface area contributed by atoms with Gasteiger partial charge in [0.25, 0.3) is 0 Å². The van der Waals surface area contributed by atoms with E-state index in [1.54, 1.807) is 55.6 Å². The van der Waals surface area contributed by atoms with Crippen LogP contribution in [0.25, 0.3) is 0 Å². The van der Waals surface area contributed by atoms with Crippen molar-refractivity contribution in [2.75, 3.05) is 14.2 Å². The van der Waals surface area contributed by atoms with Crippen LogP contribution in [0, 0.1) is 0 Å². The molecule has 0 aromatic heterocycles. The smallest absolute Gasteiger partial charge is 0.243 e. The van der Waals surface area contributed by atoms with Gasteiger partial charge in [0.1, 0.15) is 5.75 Å². The van der Waals surface area contributed by atoms with Gasteiger partial charge in [-0.15, -0.1) is 0 Å². The molecule has 0 aliphatic heterocycles. The van der Waals surface area contributed by atoms with Crippen LogP contribution in [0.4, 0.5) is 0 Å². The number of carbonyl (C=O) groups excluding carboxylic acids is 1. The Hall–Kier alpha value is -2.87. The molecule has 0 spiro atoms. The average Bonchev–Trinajstić information content (AvgIpc) is 2.82. The molecule has 6 nitrogen and oxygen atoms in total. The molecule has 0 saturated heterocycles.